The predicted octanol–water partition coefficient (Wildman–Crippen LogP) is 3.04. The van der Waals surface area contributed by atoms with Gasteiger partial charge in [-0.1, -0.05) is 6.07 Å². The molecule has 5 nitrogen and oxygen atoms in total. The predicted molar refractivity (Wildman–Crippen MR) is 63.8 cm³/mol. The molecule has 0 aliphatic heterocycles. The van der Waals surface area contributed by atoms with Crippen molar-refractivity contribution in [2.75, 3.05) is 6.54 Å². The van der Waals surface area contributed by atoms with Crippen LogP contribution in [0.3, 0.4) is 0 Å². The number of hydrogen-bond donors (Lipinski definition) is 1. The minimum absolute atomic E-state index is 0.0653. The Morgan fingerprint density at radius 3 is 2.58 bits per heavy atom. The molecule has 0 fully saturated rings. The summed E-state index contributed by atoms with van der Waals surface area (Å²) >= 11 is 2.89. The molecule has 0 bridgehead atoms. The van der Waals surface area contributed by atoms with Crippen molar-refractivity contribution < 1.29 is 22.9 Å². The average Bonchev–Trinajstić information content (AvgIpc) is 2.26. The Labute approximate surface area is 114 Å². The fourth-order valence-corrected chi connectivity index (χ4v) is 1.84. The molecule has 0 atom stereocenters. The Hall–Kier alpha value is -1.64. The first kappa shape index (κ1) is 15.4. The molecule has 0 aliphatic rings. The molecule has 1 rings (SSSR count). The Balaban J connectivity index is 2.78. The SMILES string of the molecule is O=C(NCCC(F)(F)F)c1cccc([N+](=O)[O-])c1Br. The van der Waals surface area contributed by atoms with Gasteiger partial charge >= 0.3 is 6.18 Å². The molecule has 0 aromatic heterocycles. The van der Waals surface area contributed by atoms with Crippen LogP contribution in [0.25, 0.3) is 0 Å². The summed E-state index contributed by atoms with van der Waals surface area (Å²) in [6, 6.07) is 3.73. The van der Waals surface area contributed by atoms with E-state index in [0.717, 1.165) is 0 Å². The van der Waals surface area contributed by atoms with Crippen molar-refractivity contribution in [2.45, 2.75) is 12.6 Å². The highest BCUT2D eigenvalue weighted by atomic mass is 79.9. The van der Waals surface area contributed by atoms with Gasteiger partial charge in [-0.2, -0.15) is 13.2 Å². The number of amides is 1. The number of carbonyl (C=O) groups excluding carboxylic acids is 1. The van der Waals surface area contributed by atoms with Crippen molar-refractivity contribution >= 4 is 27.5 Å². The van der Waals surface area contributed by atoms with E-state index in [4.69, 9.17) is 0 Å². The second kappa shape index (κ2) is 6.00. The van der Waals surface area contributed by atoms with Crippen molar-refractivity contribution in [1.29, 1.82) is 0 Å². The van der Waals surface area contributed by atoms with Crippen LogP contribution >= 0.6 is 15.9 Å². The number of hydrogen-bond acceptors (Lipinski definition) is 3. The molecule has 0 unspecified atom stereocenters. The maximum atomic E-state index is 11.9. The summed E-state index contributed by atoms with van der Waals surface area (Å²) in [4.78, 5) is 21.5. The maximum Gasteiger partial charge on any atom is 0.390 e. The van der Waals surface area contributed by atoms with Crippen LogP contribution in [0.15, 0.2) is 22.7 Å². The first-order valence-electron chi connectivity index (χ1n) is 5.00. The molecule has 0 saturated carbocycles. The quantitative estimate of drug-likeness (QED) is 0.676. The minimum atomic E-state index is -4.37. The maximum absolute atomic E-state index is 11.9. The molecule has 1 amide bonds. The summed E-state index contributed by atoms with van der Waals surface area (Å²) in [5, 5.41) is 12.7. The summed E-state index contributed by atoms with van der Waals surface area (Å²) in [5.74, 6) is -0.806. The first-order valence-corrected chi connectivity index (χ1v) is 5.79. The molecule has 0 saturated heterocycles. The number of nitro benzene ring substituents is 1. The molecule has 0 aliphatic carbocycles. The third-order valence-corrected chi connectivity index (χ3v) is 2.95. The number of halogens is 4. The van der Waals surface area contributed by atoms with Crippen LogP contribution in [0.2, 0.25) is 0 Å². The number of nitrogens with one attached hydrogen (secondary N) is 1. The van der Waals surface area contributed by atoms with Crippen LogP contribution in [0, 0.1) is 10.1 Å². The zero-order valence-corrected chi connectivity index (χ0v) is 10.9. The Morgan fingerprint density at radius 1 is 1.42 bits per heavy atom. The van der Waals surface area contributed by atoms with Gasteiger partial charge in [-0.3, -0.25) is 14.9 Å². The summed E-state index contributed by atoms with van der Waals surface area (Å²) in [6.45, 7) is -0.586. The van der Waals surface area contributed by atoms with Crippen molar-refractivity contribution in [3.8, 4) is 0 Å². The summed E-state index contributed by atoms with van der Waals surface area (Å²) in [5.41, 5.74) is -0.417. The van der Waals surface area contributed by atoms with E-state index in [1.807, 2.05) is 0 Å². The monoisotopic (exact) mass is 340 g/mol. The average molecular weight is 341 g/mol. The molecule has 0 radical (unpaired) electrons. The fraction of sp³-hybridized carbons (Fsp3) is 0.300. The van der Waals surface area contributed by atoms with Crippen LogP contribution in [-0.2, 0) is 0 Å². The van der Waals surface area contributed by atoms with Gasteiger partial charge in [0.25, 0.3) is 11.6 Å². The number of nitrogens with zero attached hydrogens (tertiary/aromatic N) is 1. The van der Waals surface area contributed by atoms with Gasteiger partial charge in [-0.05, 0) is 22.0 Å². The molecule has 0 spiro atoms. The lowest BCUT2D eigenvalue weighted by molar-refractivity contribution is -0.385. The van der Waals surface area contributed by atoms with Crippen LogP contribution in [0.4, 0.5) is 18.9 Å². The van der Waals surface area contributed by atoms with Crippen LogP contribution in [0.1, 0.15) is 16.8 Å². The zero-order valence-electron chi connectivity index (χ0n) is 9.33. The third-order valence-electron chi connectivity index (χ3n) is 2.11. The Kier molecular flexibility index (Phi) is 4.87. The number of benzene rings is 1. The van der Waals surface area contributed by atoms with Gasteiger partial charge in [0.15, 0.2) is 0 Å². The Bertz CT molecular complexity index is 505. The first-order chi connectivity index (χ1) is 8.72. The van der Waals surface area contributed by atoms with Crippen molar-refractivity contribution in [2.24, 2.45) is 0 Å². The summed E-state index contributed by atoms with van der Waals surface area (Å²) in [6.07, 6.45) is -5.53. The Morgan fingerprint density at radius 2 is 2.05 bits per heavy atom. The molecular formula is C10H8BrF3N2O3. The standard InChI is InChI=1S/C10H8BrF3N2O3/c11-8-6(2-1-3-7(8)16(18)19)9(17)15-5-4-10(12,13)14/h1-3H,4-5H2,(H,15,17). The van der Waals surface area contributed by atoms with Gasteiger partial charge in [-0.15, -0.1) is 0 Å². The molecule has 9 heteroatoms. The van der Waals surface area contributed by atoms with Gasteiger partial charge in [0.2, 0.25) is 0 Å². The second-order valence-electron chi connectivity index (χ2n) is 3.52. The molecule has 1 aromatic rings. The van der Waals surface area contributed by atoms with E-state index in [-0.39, 0.29) is 15.7 Å². The van der Waals surface area contributed by atoms with E-state index in [2.05, 4.69) is 21.2 Å². The number of alkyl halides is 3. The van der Waals surface area contributed by atoms with E-state index < -0.39 is 30.0 Å². The highest BCUT2D eigenvalue weighted by molar-refractivity contribution is 9.10. The van der Waals surface area contributed by atoms with Gasteiger partial charge in [0.1, 0.15) is 4.47 Å². The fourth-order valence-electron chi connectivity index (χ4n) is 1.25. The topological polar surface area (TPSA) is 72.2 Å². The lowest BCUT2D eigenvalue weighted by Crippen LogP contribution is -2.28. The van der Waals surface area contributed by atoms with Gasteiger partial charge < -0.3 is 5.32 Å². The van der Waals surface area contributed by atoms with Gasteiger partial charge in [0.05, 0.1) is 16.9 Å². The van der Waals surface area contributed by atoms with E-state index in [0.29, 0.717) is 0 Å². The van der Waals surface area contributed by atoms with Gasteiger partial charge in [0, 0.05) is 12.6 Å². The molecule has 0 heterocycles. The minimum Gasteiger partial charge on any atom is -0.352 e. The second-order valence-corrected chi connectivity index (χ2v) is 4.31. The highest BCUT2D eigenvalue weighted by Crippen LogP contribution is 2.28. The van der Waals surface area contributed by atoms with Gasteiger partial charge in [-0.25, -0.2) is 0 Å². The van der Waals surface area contributed by atoms with Crippen molar-refractivity contribution in [3.63, 3.8) is 0 Å². The summed E-state index contributed by atoms with van der Waals surface area (Å²) in [7, 11) is 0. The van der Waals surface area contributed by atoms with Crippen LogP contribution in [-0.4, -0.2) is 23.6 Å². The molecular weight excluding hydrogens is 333 g/mol. The lowest BCUT2D eigenvalue weighted by atomic mass is 10.2. The molecule has 104 valence electrons. The van der Waals surface area contributed by atoms with Crippen molar-refractivity contribution in [1.82, 2.24) is 5.32 Å². The van der Waals surface area contributed by atoms with E-state index in [9.17, 15) is 28.1 Å². The highest BCUT2D eigenvalue weighted by Gasteiger charge is 2.27. The van der Waals surface area contributed by atoms with E-state index in [1.54, 1.807) is 0 Å². The number of rotatable bonds is 4. The molecule has 1 aromatic carbocycles. The van der Waals surface area contributed by atoms with Crippen molar-refractivity contribution in [3.05, 3.63) is 38.3 Å². The molecule has 1 N–H and O–H groups in total. The summed E-state index contributed by atoms with van der Waals surface area (Å²) < 4.78 is 35.7. The van der Waals surface area contributed by atoms with Crippen LogP contribution in [0.5, 0.6) is 0 Å². The van der Waals surface area contributed by atoms with Crippen LogP contribution < -0.4 is 5.32 Å². The van der Waals surface area contributed by atoms with E-state index in [1.165, 1.54) is 18.2 Å². The third kappa shape index (κ3) is 4.51. The zero-order chi connectivity index (χ0) is 14.6. The molecule has 19 heavy (non-hydrogen) atoms. The number of nitro groups is 1. The smallest absolute Gasteiger partial charge is 0.352 e. The normalized spacial score (nSPS) is 11.2. The number of carbonyl (C=O) groups is 1. The lowest BCUT2D eigenvalue weighted by Gasteiger charge is -2.08. The largest absolute Gasteiger partial charge is 0.390 e. The van der Waals surface area contributed by atoms with E-state index >= 15 is 0 Å².